The van der Waals surface area contributed by atoms with Crippen LogP contribution in [0, 0.1) is 0 Å². The number of fused-ring (bicyclic) bond motifs is 3. The van der Waals surface area contributed by atoms with Gasteiger partial charge < -0.3 is 13.9 Å². The zero-order valence-electron chi connectivity index (χ0n) is 15.6. The molecule has 1 aliphatic heterocycles. The first kappa shape index (κ1) is 18.3. The molecule has 0 aliphatic carbocycles. The Morgan fingerprint density at radius 3 is 2.30 bits per heavy atom. The molecule has 1 aliphatic rings. The van der Waals surface area contributed by atoms with Crippen molar-refractivity contribution >= 4 is 34.4 Å². The topological polar surface area (TPSA) is 36.3 Å². The molecule has 0 radical (unpaired) electrons. The maximum atomic E-state index is 13.2. The lowest BCUT2D eigenvalue weighted by molar-refractivity contribution is -0.139. The first-order valence-electron chi connectivity index (χ1n) is 8.77. The van der Waals surface area contributed by atoms with Crippen molar-refractivity contribution in [2.75, 3.05) is 0 Å². The van der Waals surface area contributed by atoms with Gasteiger partial charge in [-0.25, -0.2) is 0 Å². The molecule has 3 heterocycles. The van der Waals surface area contributed by atoms with E-state index in [1.165, 1.54) is 10.8 Å². The monoisotopic (exact) mass is 376 g/mol. The second kappa shape index (κ2) is 5.72. The Kier molecular flexibility index (Phi) is 3.88. The standard InChI is InChI=1S/C19H20BF3N2O2/c1-17(2)18(3,4)27-20(26-17)12-5-6-13-14-10-24-8-7-15(14)25(16(13)9-12)11-19(21,22)23/h5-10H,11H2,1-4H3. The van der Waals surface area contributed by atoms with Gasteiger partial charge in [0.15, 0.2) is 0 Å². The quantitative estimate of drug-likeness (QED) is 0.634. The third-order valence-corrected chi connectivity index (χ3v) is 5.55. The highest BCUT2D eigenvalue weighted by molar-refractivity contribution is 6.62. The largest absolute Gasteiger partial charge is 0.494 e. The van der Waals surface area contributed by atoms with Gasteiger partial charge in [-0.15, -0.1) is 0 Å². The molecule has 0 unspecified atom stereocenters. The van der Waals surface area contributed by atoms with Crippen molar-refractivity contribution in [3.8, 4) is 0 Å². The van der Waals surface area contributed by atoms with Gasteiger partial charge in [0.25, 0.3) is 0 Å². The Hall–Kier alpha value is -2.06. The normalized spacial score (nSPS) is 19.3. The zero-order chi connectivity index (χ0) is 19.6. The Bertz CT molecular complexity index is 1010. The predicted molar refractivity (Wildman–Crippen MR) is 99.0 cm³/mol. The molecule has 4 rings (SSSR count). The molecule has 0 N–H and O–H groups in total. The second-order valence-electron chi connectivity index (χ2n) is 7.96. The number of hydrogen-bond donors (Lipinski definition) is 0. The summed E-state index contributed by atoms with van der Waals surface area (Å²) in [7, 11) is -0.630. The molecule has 8 heteroatoms. The minimum absolute atomic E-state index is 0.488. The number of nitrogens with zero attached hydrogens (tertiary/aromatic N) is 2. The van der Waals surface area contributed by atoms with Crippen molar-refractivity contribution in [2.24, 2.45) is 0 Å². The summed E-state index contributed by atoms with van der Waals surface area (Å²) in [5, 5.41) is 1.42. The number of benzene rings is 1. The third kappa shape index (κ3) is 3.01. The number of rotatable bonds is 2. The number of alkyl halides is 3. The first-order valence-corrected chi connectivity index (χ1v) is 8.77. The van der Waals surface area contributed by atoms with E-state index >= 15 is 0 Å². The third-order valence-electron chi connectivity index (χ3n) is 5.55. The van der Waals surface area contributed by atoms with E-state index in [2.05, 4.69) is 4.98 Å². The molecule has 1 saturated heterocycles. The van der Waals surface area contributed by atoms with Crippen LogP contribution in [0.1, 0.15) is 27.7 Å². The van der Waals surface area contributed by atoms with Gasteiger partial charge in [-0.3, -0.25) is 4.98 Å². The SMILES string of the molecule is CC1(C)OB(c2ccc3c4cnccc4n(CC(F)(F)F)c3c2)OC1(C)C. The Morgan fingerprint density at radius 1 is 1.00 bits per heavy atom. The summed E-state index contributed by atoms with van der Waals surface area (Å²) < 4.78 is 53.0. The van der Waals surface area contributed by atoms with E-state index in [0.29, 0.717) is 21.9 Å². The molecule has 1 fully saturated rings. The van der Waals surface area contributed by atoms with Gasteiger partial charge in [0.1, 0.15) is 6.54 Å². The van der Waals surface area contributed by atoms with E-state index < -0.39 is 31.0 Å². The summed E-state index contributed by atoms with van der Waals surface area (Å²) >= 11 is 0. The zero-order valence-corrected chi connectivity index (χ0v) is 15.6. The van der Waals surface area contributed by atoms with E-state index in [1.54, 1.807) is 18.3 Å². The molecule has 0 bridgehead atoms. The van der Waals surface area contributed by atoms with Gasteiger partial charge >= 0.3 is 13.3 Å². The highest BCUT2D eigenvalue weighted by Gasteiger charge is 2.51. The lowest BCUT2D eigenvalue weighted by atomic mass is 9.79. The highest BCUT2D eigenvalue weighted by atomic mass is 19.4. The van der Waals surface area contributed by atoms with Crippen molar-refractivity contribution in [1.82, 2.24) is 9.55 Å². The predicted octanol–water partition coefficient (Wildman–Crippen LogP) is 4.05. The Labute approximate surface area is 155 Å². The molecule has 2 aromatic heterocycles. The van der Waals surface area contributed by atoms with Crippen LogP contribution in [-0.2, 0) is 15.9 Å². The molecular formula is C19H20BF3N2O2. The average molecular weight is 376 g/mol. The Morgan fingerprint density at radius 2 is 1.67 bits per heavy atom. The van der Waals surface area contributed by atoms with Crippen LogP contribution in [0.5, 0.6) is 0 Å². The molecule has 142 valence electrons. The molecule has 1 aromatic carbocycles. The molecule has 0 amide bonds. The van der Waals surface area contributed by atoms with Crippen LogP contribution in [-0.4, -0.2) is 34.0 Å². The number of pyridine rings is 1. The van der Waals surface area contributed by atoms with Crippen molar-refractivity contribution in [1.29, 1.82) is 0 Å². The fourth-order valence-corrected chi connectivity index (χ4v) is 3.43. The number of aromatic nitrogens is 2. The van der Waals surface area contributed by atoms with Gasteiger partial charge in [-0.05, 0) is 45.3 Å². The summed E-state index contributed by atoms with van der Waals surface area (Å²) in [5.74, 6) is 0. The maximum absolute atomic E-state index is 13.2. The molecule has 3 aromatic rings. The fraction of sp³-hybridized carbons (Fsp3) is 0.421. The summed E-state index contributed by atoms with van der Waals surface area (Å²) in [6, 6.07) is 6.99. The van der Waals surface area contributed by atoms with Gasteiger partial charge in [-0.1, -0.05) is 12.1 Å². The van der Waals surface area contributed by atoms with Gasteiger partial charge in [0, 0.05) is 28.7 Å². The maximum Gasteiger partial charge on any atom is 0.494 e. The molecule has 0 saturated carbocycles. The lowest BCUT2D eigenvalue weighted by Gasteiger charge is -2.32. The highest BCUT2D eigenvalue weighted by Crippen LogP contribution is 2.37. The summed E-state index contributed by atoms with van der Waals surface area (Å²) in [5.41, 5.74) is 0.649. The van der Waals surface area contributed by atoms with Crippen molar-refractivity contribution in [2.45, 2.75) is 51.6 Å². The number of hydrogen-bond acceptors (Lipinski definition) is 3. The van der Waals surface area contributed by atoms with Crippen LogP contribution in [0.4, 0.5) is 13.2 Å². The smallest absolute Gasteiger partial charge is 0.399 e. The summed E-state index contributed by atoms with van der Waals surface area (Å²) in [6.07, 6.45) is -1.23. The van der Waals surface area contributed by atoms with Crippen LogP contribution in [0.3, 0.4) is 0 Å². The summed E-state index contributed by atoms with van der Waals surface area (Å²) in [4.78, 5) is 4.07. The molecule has 4 nitrogen and oxygen atoms in total. The minimum atomic E-state index is -4.33. The van der Waals surface area contributed by atoms with E-state index in [-0.39, 0.29) is 0 Å². The van der Waals surface area contributed by atoms with Crippen LogP contribution in [0.15, 0.2) is 36.7 Å². The number of halogens is 3. The summed E-state index contributed by atoms with van der Waals surface area (Å²) in [6.45, 7) is 6.70. The van der Waals surface area contributed by atoms with Crippen molar-refractivity contribution in [3.05, 3.63) is 36.7 Å². The molecular weight excluding hydrogens is 356 g/mol. The molecule has 0 spiro atoms. The minimum Gasteiger partial charge on any atom is -0.399 e. The van der Waals surface area contributed by atoms with Crippen LogP contribution in [0.25, 0.3) is 21.8 Å². The molecule has 0 atom stereocenters. The van der Waals surface area contributed by atoms with E-state index in [0.717, 1.165) is 5.39 Å². The van der Waals surface area contributed by atoms with Crippen LogP contribution < -0.4 is 5.46 Å². The van der Waals surface area contributed by atoms with Crippen molar-refractivity contribution < 1.29 is 22.5 Å². The van der Waals surface area contributed by atoms with E-state index in [9.17, 15) is 13.2 Å². The van der Waals surface area contributed by atoms with Crippen LogP contribution in [0.2, 0.25) is 0 Å². The van der Waals surface area contributed by atoms with Gasteiger partial charge in [0.2, 0.25) is 0 Å². The van der Waals surface area contributed by atoms with Gasteiger partial charge in [-0.2, -0.15) is 13.2 Å². The van der Waals surface area contributed by atoms with E-state index in [4.69, 9.17) is 9.31 Å². The molecule has 27 heavy (non-hydrogen) atoms. The lowest BCUT2D eigenvalue weighted by Crippen LogP contribution is -2.41. The van der Waals surface area contributed by atoms with Crippen LogP contribution >= 0.6 is 0 Å². The van der Waals surface area contributed by atoms with E-state index in [1.807, 2.05) is 39.8 Å². The van der Waals surface area contributed by atoms with Crippen molar-refractivity contribution in [3.63, 3.8) is 0 Å². The first-order chi connectivity index (χ1) is 12.5. The Balaban J connectivity index is 1.87. The second-order valence-corrected chi connectivity index (χ2v) is 7.96. The fourth-order valence-electron chi connectivity index (χ4n) is 3.43. The van der Waals surface area contributed by atoms with Gasteiger partial charge in [0.05, 0.1) is 16.7 Å². The average Bonchev–Trinajstić information content (AvgIpc) is 2.97.